The van der Waals surface area contributed by atoms with Crippen molar-refractivity contribution in [1.29, 1.82) is 0 Å². The summed E-state index contributed by atoms with van der Waals surface area (Å²) in [5, 5.41) is 0. The maximum Gasteiger partial charge on any atom is 0.272 e. The molecule has 1 aromatic rings. The Bertz CT molecular complexity index is 528. The number of amides is 1. The van der Waals surface area contributed by atoms with E-state index in [1.54, 1.807) is 29.3 Å². The van der Waals surface area contributed by atoms with E-state index in [2.05, 4.69) is 4.98 Å². The summed E-state index contributed by atoms with van der Waals surface area (Å²) in [6.45, 7) is 2.35. The smallest absolute Gasteiger partial charge is 0.272 e. The summed E-state index contributed by atoms with van der Waals surface area (Å²) in [5.74, 6) is 0.0449. The first kappa shape index (κ1) is 13.0. The van der Waals surface area contributed by atoms with Crippen LogP contribution in [0.15, 0.2) is 24.4 Å². The zero-order valence-corrected chi connectivity index (χ0v) is 11.1. The molecule has 1 unspecified atom stereocenters. The zero-order chi connectivity index (χ0) is 13.2. The van der Waals surface area contributed by atoms with E-state index in [4.69, 9.17) is 0 Å². The fourth-order valence-corrected chi connectivity index (χ4v) is 3.96. The van der Waals surface area contributed by atoms with Gasteiger partial charge in [-0.05, 0) is 25.5 Å². The molecule has 0 aliphatic carbocycles. The molecule has 6 heteroatoms. The normalized spacial score (nSPS) is 21.7. The Labute approximate surface area is 107 Å². The molecule has 1 saturated heterocycles. The van der Waals surface area contributed by atoms with Crippen LogP contribution >= 0.6 is 0 Å². The third-order valence-electron chi connectivity index (χ3n) is 3.13. The summed E-state index contributed by atoms with van der Waals surface area (Å²) in [6, 6.07) is 4.93. The maximum atomic E-state index is 12.2. The Hall–Kier alpha value is -1.43. The van der Waals surface area contributed by atoms with Gasteiger partial charge in [0, 0.05) is 18.8 Å². The number of hydrogen-bond acceptors (Lipinski definition) is 4. The lowest BCUT2D eigenvalue weighted by atomic mass is 10.2. The van der Waals surface area contributed by atoms with Crippen LogP contribution in [-0.4, -0.2) is 48.3 Å². The number of carbonyl (C=O) groups excluding carboxylic acids is 1. The molecule has 98 valence electrons. The van der Waals surface area contributed by atoms with Gasteiger partial charge >= 0.3 is 0 Å². The van der Waals surface area contributed by atoms with Crippen LogP contribution in [0.3, 0.4) is 0 Å². The molecule has 0 radical (unpaired) electrons. The lowest BCUT2D eigenvalue weighted by molar-refractivity contribution is 0.0702. The Morgan fingerprint density at radius 2 is 2.28 bits per heavy atom. The Morgan fingerprint density at radius 1 is 1.50 bits per heavy atom. The van der Waals surface area contributed by atoms with Gasteiger partial charge in [0.1, 0.15) is 5.69 Å². The number of carbonyl (C=O) groups is 1. The third-order valence-corrected chi connectivity index (χ3v) is 4.89. The van der Waals surface area contributed by atoms with Crippen LogP contribution in [0.25, 0.3) is 0 Å². The van der Waals surface area contributed by atoms with Gasteiger partial charge in [-0.2, -0.15) is 0 Å². The standard InChI is InChI=1S/C12H16N2O3S/c1-2-14(10-6-8-18(16,17)9-10)12(15)11-5-3-4-7-13-11/h3-5,7,10H,2,6,8-9H2,1H3. The molecule has 1 aliphatic rings. The van der Waals surface area contributed by atoms with Gasteiger partial charge in [0.25, 0.3) is 5.91 Å². The number of aromatic nitrogens is 1. The number of rotatable bonds is 3. The predicted molar refractivity (Wildman–Crippen MR) is 68.0 cm³/mol. The number of hydrogen-bond donors (Lipinski definition) is 0. The van der Waals surface area contributed by atoms with Crippen molar-refractivity contribution in [1.82, 2.24) is 9.88 Å². The van der Waals surface area contributed by atoms with Gasteiger partial charge < -0.3 is 4.90 Å². The van der Waals surface area contributed by atoms with E-state index in [1.807, 2.05) is 6.92 Å². The topological polar surface area (TPSA) is 67.3 Å². The fraction of sp³-hybridized carbons (Fsp3) is 0.500. The van der Waals surface area contributed by atoms with Crippen LogP contribution in [0.2, 0.25) is 0 Å². The summed E-state index contributed by atoms with van der Waals surface area (Å²) in [7, 11) is -2.98. The molecule has 0 saturated carbocycles. The second-order valence-corrected chi connectivity index (χ2v) is 6.59. The molecule has 1 atom stereocenters. The molecule has 2 heterocycles. The molecule has 1 amide bonds. The van der Waals surface area contributed by atoms with Crippen LogP contribution in [0.5, 0.6) is 0 Å². The molecule has 1 fully saturated rings. The van der Waals surface area contributed by atoms with Crippen LogP contribution < -0.4 is 0 Å². The van der Waals surface area contributed by atoms with Crippen LogP contribution in [-0.2, 0) is 9.84 Å². The molecular weight excluding hydrogens is 252 g/mol. The molecule has 0 N–H and O–H groups in total. The molecule has 5 nitrogen and oxygen atoms in total. The minimum atomic E-state index is -2.98. The van der Waals surface area contributed by atoms with E-state index in [0.717, 1.165) is 0 Å². The number of pyridine rings is 1. The highest BCUT2D eigenvalue weighted by molar-refractivity contribution is 7.91. The summed E-state index contributed by atoms with van der Waals surface area (Å²) in [4.78, 5) is 17.9. The van der Waals surface area contributed by atoms with E-state index in [0.29, 0.717) is 18.7 Å². The van der Waals surface area contributed by atoms with Crippen molar-refractivity contribution in [2.75, 3.05) is 18.1 Å². The SMILES string of the molecule is CCN(C(=O)c1ccccn1)C1CCS(=O)(=O)C1. The highest BCUT2D eigenvalue weighted by Crippen LogP contribution is 2.19. The first-order valence-electron chi connectivity index (χ1n) is 5.96. The lowest BCUT2D eigenvalue weighted by Crippen LogP contribution is -2.41. The molecule has 0 spiro atoms. The highest BCUT2D eigenvalue weighted by atomic mass is 32.2. The van der Waals surface area contributed by atoms with Crippen molar-refractivity contribution >= 4 is 15.7 Å². The van der Waals surface area contributed by atoms with Crippen LogP contribution in [0.4, 0.5) is 0 Å². The number of sulfone groups is 1. The monoisotopic (exact) mass is 268 g/mol. The molecule has 1 aliphatic heterocycles. The van der Waals surface area contributed by atoms with Gasteiger partial charge in [0.15, 0.2) is 9.84 Å². The van der Waals surface area contributed by atoms with Gasteiger partial charge in [-0.3, -0.25) is 9.78 Å². The molecule has 0 aromatic carbocycles. The van der Waals surface area contributed by atoms with E-state index in [1.165, 1.54) is 0 Å². The second-order valence-electron chi connectivity index (χ2n) is 4.36. The molecule has 18 heavy (non-hydrogen) atoms. The van der Waals surface area contributed by atoms with E-state index in [9.17, 15) is 13.2 Å². The minimum absolute atomic E-state index is 0.0689. The third kappa shape index (κ3) is 2.69. The van der Waals surface area contributed by atoms with Crippen LogP contribution in [0.1, 0.15) is 23.8 Å². The molecule has 0 bridgehead atoms. The fourth-order valence-electron chi connectivity index (χ4n) is 2.23. The summed E-state index contributed by atoms with van der Waals surface area (Å²) < 4.78 is 22.9. The van der Waals surface area contributed by atoms with Gasteiger partial charge in [-0.15, -0.1) is 0 Å². The molecular formula is C12H16N2O3S. The lowest BCUT2D eigenvalue weighted by Gasteiger charge is -2.26. The van der Waals surface area contributed by atoms with E-state index < -0.39 is 9.84 Å². The first-order valence-corrected chi connectivity index (χ1v) is 7.78. The Morgan fingerprint density at radius 3 is 2.78 bits per heavy atom. The predicted octanol–water partition coefficient (Wildman–Crippen LogP) is 0.731. The second kappa shape index (κ2) is 5.06. The van der Waals surface area contributed by atoms with Gasteiger partial charge in [0.2, 0.25) is 0 Å². The van der Waals surface area contributed by atoms with E-state index >= 15 is 0 Å². The van der Waals surface area contributed by atoms with Crippen molar-refractivity contribution in [2.45, 2.75) is 19.4 Å². The van der Waals surface area contributed by atoms with Gasteiger partial charge in [0.05, 0.1) is 11.5 Å². The minimum Gasteiger partial charge on any atom is -0.334 e. The Balaban J connectivity index is 2.17. The van der Waals surface area contributed by atoms with Crippen molar-refractivity contribution in [2.24, 2.45) is 0 Å². The number of nitrogens with zero attached hydrogens (tertiary/aromatic N) is 2. The van der Waals surface area contributed by atoms with Crippen molar-refractivity contribution < 1.29 is 13.2 Å². The van der Waals surface area contributed by atoms with Crippen molar-refractivity contribution in [3.63, 3.8) is 0 Å². The Kier molecular flexibility index (Phi) is 3.65. The summed E-state index contributed by atoms with van der Waals surface area (Å²) >= 11 is 0. The summed E-state index contributed by atoms with van der Waals surface area (Å²) in [6.07, 6.45) is 2.08. The largest absolute Gasteiger partial charge is 0.334 e. The molecule has 1 aromatic heterocycles. The highest BCUT2D eigenvalue weighted by Gasteiger charge is 2.34. The van der Waals surface area contributed by atoms with E-state index in [-0.39, 0.29) is 23.5 Å². The zero-order valence-electron chi connectivity index (χ0n) is 10.2. The summed E-state index contributed by atoms with van der Waals surface area (Å²) in [5.41, 5.74) is 0.364. The van der Waals surface area contributed by atoms with Gasteiger partial charge in [-0.25, -0.2) is 8.42 Å². The van der Waals surface area contributed by atoms with Crippen molar-refractivity contribution in [3.05, 3.63) is 30.1 Å². The average molecular weight is 268 g/mol. The van der Waals surface area contributed by atoms with Crippen LogP contribution in [0, 0.1) is 0 Å². The van der Waals surface area contributed by atoms with Crippen molar-refractivity contribution in [3.8, 4) is 0 Å². The van der Waals surface area contributed by atoms with Gasteiger partial charge in [-0.1, -0.05) is 6.07 Å². The average Bonchev–Trinajstić information content (AvgIpc) is 2.71. The molecule has 2 rings (SSSR count). The quantitative estimate of drug-likeness (QED) is 0.810. The maximum absolute atomic E-state index is 12.2. The first-order chi connectivity index (χ1) is 8.53.